The van der Waals surface area contributed by atoms with Crippen LogP contribution in [-0.4, -0.2) is 31.4 Å². The van der Waals surface area contributed by atoms with Crippen molar-refractivity contribution in [3.63, 3.8) is 0 Å². The zero-order chi connectivity index (χ0) is 19.9. The minimum Gasteiger partial charge on any atom is -0.372 e. The van der Waals surface area contributed by atoms with E-state index in [0.717, 1.165) is 37.1 Å². The van der Waals surface area contributed by atoms with Crippen molar-refractivity contribution in [2.45, 2.75) is 39.7 Å². The lowest BCUT2D eigenvalue weighted by atomic mass is 9.98. The molecule has 2 N–H and O–H groups in total. The second kappa shape index (κ2) is 9.40. The van der Waals surface area contributed by atoms with E-state index in [2.05, 4.69) is 40.7 Å². The van der Waals surface area contributed by atoms with Crippen molar-refractivity contribution >= 4 is 17.5 Å². The van der Waals surface area contributed by atoms with E-state index in [1.54, 1.807) is 0 Å². The van der Waals surface area contributed by atoms with Crippen LogP contribution in [0.2, 0.25) is 0 Å². The summed E-state index contributed by atoms with van der Waals surface area (Å²) in [5.41, 5.74) is 6.04. The highest BCUT2D eigenvalue weighted by Gasteiger charge is 2.16. The van der Waals surface area contributed by atoms with Crippen LogP contribution in [0.25, 0.3) is 0 Å². The Labute approximate surface area is 167 Å². The van der Waals surface area contributed by atoms with E-state index in [4.69, 9.17) is 0 Å². The largest absolute Gasteiger partial charge is 0.372 e. The van der Waals surface area contributed by atoms with Gasteiger partial charge in [0.15, 0.2) is 0 Å². The van der Waals surface area contributed by atoms with Crippen LogP contribution in [0.4, 0.5) is 5.69 Å². The highest BCUT2D eigenvalue weighted by Crippen LogP contribution is 2.27. The van der Waals surface area contributed by atoms with Crippen molar-refractivity contribution in [3.8, 4) is 0 Å². The van der Waals surface area contributed by atoms with Crippen molar-refractivity contribution in [2.24, 2.45) is 0 Å². The number of benzene rings is 2. The summed E-state index contributed by atoms with van der Waals surface area (Å²) < 4.78 is 0. The average molecular weight is 380 g/mol. The number of carbonyl (C=O) groups excluding carboxylic acids is 2. The smallest absolute Gasteiger partial charge is 0.309 e. The topological polar surface area (TPSA) is 61.4 Å². The molecular weight excluding hydrogens is 350 g/mol. The van der Waals surface area contributed by atoms with E-state index in [1.807, 2.05) is 31.2 Å². The Morgan fingerprint density at radius 1 is 1.00 bits per heavy atom. The van der Waals surface area contributed by atoms with Crippen LogP contribution in [0.15, 0.2) is 42.5 Å². The number of hydrogen-bond donors (Lipinski definition) is 2. The van der Waals surface area contributed by atoms with Gasteiger partial charge in [-0.3, -0.25) is 9.59 Å². The maximum Gasteiger partial charge on any atom is 0.309 e. The summed E-state index contributed by atoms with van der Waals surface area (Å²) in [6, 6.07) is 14.4. The summed E-state index contributed by atoms with van der Waals surface area (Å²) in [5.74, 6) is -1.17. The fraction of sp³-hybridized carbons (Fsp3) is 0.391. The minimum absolute atomic E-state index is 0.352. The first kappa shape index (κ1) is 19.9. The molecular formula is C23H29N3O2. The number of aryl methyl sites for hydroxylation is 2. The number of nitrogens with zero attached hydrogens (tertiary/aromatic N) is 1. The quantitative estimate of drug-likeness (QED) is 0.759. The normalized spacial score (nSPS) is 13.0. The Morgan fingerprint density at radius 3 is 2.46 bits per heavy atom. The van der Waals surface area contributed by atoms with Crippen LogP contribution < -0.4 is 15.5 Å². The molecule has 148 valence electrons. The average Bonchev–Trinajstić information content (AvgIpc) is 2.72. The Hall–Kier alpha value is -2.82. The zero-order valence-electron chi connectivity index (χ0n) is 16.8. The van der Waals surface area contributed by atoms with Crippen LogP contribution >= 0.6 is 0 Å². The molecule has 0 bridgehead atoms. The minimum atomic E-state index is -0.593. The van der Waals surface area contributed by atoms with E-state index < -0.39 is 11.8 Å². The predicted octanol–water partition coefficient (Wildman–Crippen LogP) is 2.74. The molecule has 1 aliphatic heterocycles. The molecule has 5 nitrogen and oxygen atoms in total. The van der Waals surface area contributed by atoms with Crippen LogP contribution in [0, 0.1) is 6.92 Å². The highest BCUT2D eigenvalue weighted by molar-refractivity contribution is 6.35. The van der Waals surface area contributed by atoms with Gasteiger partial charge in [0, 0.05) is 31.9 Å². The molecule has 5 heteroatoms. The Balaban J connectivity index is 1.44. The van der Waals surface area contributed by atoms with E-state index in [1.165, 1.54) is 23.2 Å². The molecule has 2 aromatic carbocycles. The van der Waals surface area contributed by atoms with Gasteiger partial charge in [0.1, 0.15) is 0 Å². The SMILES string of the molecule is CCN1CCCc2cc(CCNC(=O)C(=O)NCc3ccc(C)cc3)ccc21. The molecule has 0 radical (unpaired) electrons. The van der Waals surface area contributed by atoms with Crippen LogP contribution in [0.3, 0.4) is 0 Å². The molecule has 0 fully saturated rings. The number of rotatable bonds is 6. The highest BCUT2D eigenvalue weighted by atomic mass is 16.2. The molecule has 0 saturated carbocycles. The van der Waals surface area contributed by atoms with E-state index >= 15 is 0 Å². The van der Waals surface area contributed by atoms with E-state index in [-0.39, 0.29) is 0 Å². The predicted molar refractivity (Wildman–Crippen MR) is 112 cm³/mol. The van der Waals surface area contributed by atoms with Crippen molar-refractivity contribution in [1.29, 1.82) is 0 Å². The Bertz CT molecular complexity index is 830. The maximum absolute atomic E-state index is 12.0. The monoisotopic (exact) mass is 379 g/mol. The molecule has 0 spiro atoms. The van der Waals surface area contributed by atoms with Gasteiger partial charge in [0.05, 0.1) is 0 Å². The van der Waals surface area contributed by atoms with Crippen LogP contribution in [-0.2, 0) is 29.0 Å². The van der Waals surface area contributed by atoms with Gasteiger partial charge in [0.25, 0.3) is 0 Å². The molecule has 0 saturated heterocycles. The zero-order valence-corrected chi connectivity index (χ0v) is 16.8. The molecule has 3 rings (SSSR count). The first-order valence-electron chi connectivity index (χ1n) is 10.0. The van der Waals surface area contributed by atoms with Gasteiger partial charge in [-0.1, -0.05) is 42.0 Å². The molecule has 2 aromatic rings. The molecule has 0 atom stereocenters. The number of nitrogens with one attached hydrogen (secondary N) is 2. The van der Waals surface area contributed by atoms with Crippen molar-refractivity contribution in [3.05, 3.63) is 64.7 Å². The summed E-state index contributed by atoms with van der Waals surface area (Å²) in [6.45, 7) is 7.15. The van der Waals surface area contributed by atoms with Gasteiger partial charge in [-0.2, -0.15) is 0 Å². The third-order valence-corrected chi connectivity index (χ3v) is 5.22. The maximum atomic E-state index is 12.0. The first-order valence-corrected chi connectivity index (χ1v) is 10.0. The number of fused-ring (bicyclic) bond motifs is 1. The summed E-state index contributed by atoms with van der Waals surface area (Å²) >= 11 is 0. The standard InChI is InChI=1S/C23H29N3O2/c1-3-26-14-4-5-20-15-18(10-11-21(20)26)12-13-24-22(27)23(28)25-16-19-8-6-17(2)7-9-19/h6-11,15H,3-5,12-14,16H2,1-2H3,(H,24,27)(H,25,28). The summed E-state index contributed by atoms with van der Waals surface area (Å²) in [7, 11) is 0. The van der Waals surface area contributed by atoms with Gasteiger partial charge < -0.3 is 15.5 Å². The Kier molecular flexibility index (Phi) is 6.69. The first-order chi connectivity index (χ1) is 13.6. The Morgan fingerprint density at radius 2 is 1.71 bits per heavy atom. The van der Waals surface area contributed by atoms with Crippen molar-refractivity contribution in [2.75, 3.05) is 24.5 Å². The van der Waals surface area contributed by atoms with Crippen LogP contribution in [0.5, 0.6) is 0 Å². The summed E-state index contributed by atoms with van der Waals surface area (Å²) in [6.07, 6.45) is 3.01. The van der Waals surface area contributed by atoms with Crippen LogP contribution in [0.1, 0.15) is 35.6 Å². The van der Waals surface area contributed by atoms with Gasteiger partial charge in [-0.15, -0.1) is 0 Å². The molecule has 1 aliphatic rings. The molecule has 28 heavy (non-hydrogen) atoms. The number of anilines is 1. The molecule has 0 unspecified atom stereocenters. The second-order valence-electron chi connectivity index (χ2n) is 7.32. The van der Waals surface area contributed by atoms with Gasteiger partial charge in [-0.25, -0.2) is 0 Å². The third-order valence-electron chi connectivity index (χ3n) is 5.22. The fourth-order valence-corrected chi connectivity index (χ4v) is 3.58. The molecule has 1 heterocycles. The molecule has 0 aliphatic carbocycles. The van der Waals surface area contributed by atoms with Gasteiger partial charge in [0.2, 0.25) is 0 Å². The third kappa shape index (κ3) is 5.12. The van der Waals surface area contributed by atoms with E-state index in [9.17, 15) is 9.59 Å². The van der Waals surface area contributed by atoms with Gasteiger partial charge in [-0.05, 0) is 55.9 Å². The molecule has 2 amide bonds. The lowest BCUT2D eigenvalue weighted by molar-refractivity contribution is -0.139. The van der Waals surface area contributed by atoms with Crippen molar-refractivity contribution < 1.29 is 9.59 Å². The lowest BCUT2D eigenvalue weighted by Gasteiger charge is -2.30. The number of carbonyl (C=O) groups is 2. The number of hydrogen-bond acceptors (Lipinski definition) is 3. The fourth-order valence-electron chi connectivity index (χ4n) is 3.58. The number of amides is 2. The lowest BCUT2D eigenvalue weighted by Crippen LogP contribution is -2.40. The summed E-state index contributed by atoms with van der Waals surface area (Å²) in [5, 5.41) is 5.38. The van der Waals surface area contributed by atoms with E-state index in [0.29, 0.717) is 13.1 Å². The summed E-state index contributed by atoms with van der Waals surface area (Å²) in [4.78, 5) is 26.4. The second-order valence-corrected chi connectivity index (χ2v) is 7.32. The van der Waals surface area contributed by atoms with Crippen molar-refractivity contribution in [1.82, 2.24) is 10.6 Å². The van der Waals surface area contributed by atoms with Gasteiger partial charge >= 0.3 is 11.8 Å². The molecule has 0 aromatic heterocycles.